The molecule has 4 heteroatoms. The molecule has 2 rings (SSSR count). The van der Waals surface area contributed by atoms with Crippen molar-refractivity contribution in [2.75, 3.05) is 0 Å². The van der Waals surface area contributed by atoms with Crippen molar-refractivity contribution in [1.82, 2.24) is 4.98 Å². The molecule has 0 saturated heterocycles. The van der Waals surface area contributed by atoms with E-state index in [0.29, 0.717) is 16.6 Å². The molecule has 2 nitrogen and oxygen atoms in total. The first-order valence-electron chi connectivity index (χ1n) is 3.87. The molecule has 0 atom stereocenters. The van der Waals surface area contributed by atoms with Crippen LogP contribution < -0.4 is 5.73 Å². The maximum atomic E-state index is 5.99. The van der Waals surface area contributed by atoms with E-state index in [1.165, 1.54) is 0 Å². The highest BCUT2D eigenvalue weighted by Gasteiger charge is 2.04. The van der Waals surface area contributed by atoms with Gasteiger partial charge in [0.05, 0.1) is 5.02 Å². The first-order valence-corrected chi connectivity index (χ1v) is 4.63. The molecule has 0 aliphatic heterocycles. The van der Waals surface area contributed by atoms with Gasteiger partial charge in [0, 0.05) is 28.2 Å². The van der Waals surface area contributed by atoms with Crippen LogP contribution in [0.5, 0.6) is 0 Å². The van der Waals surface area contributed by atoms with E-state index in [2.05, 4.69) is 4.98 Å². The molecular weight excluding hydrogens is 207 g/mol. The summed E-state index contributed by atoms with van der Waals surface area (Å²) in [5.74, 6) is 0. The third kappa shape index (κ3) is 1.53. The molecule has 0 bridgehead atoms. The van der Waals surface area contributed by atoms with E-state index in [1.807, 2.05) is 12.1 Å². The Morgan fingerprint density at radius 3 is 2.69 bits per heavy atom. The van der Waals surface area contributed by atoms with Gasteiger partial charge in [-0.2, -0.15) is 0 Å². The van der Waals surface area contributed by atoms with Crippen LogP contribution in [0.25, 0.3) is 10.9 Å². The minimum Gasteiger partial charge on any atom is -0.357 e. The zero-order valence-electron chi connectivity index (χ0n) is 6.77. The van der Waals surface area contributed by atoms with Crippen molar-refractivity contribution < 1.29 is 0 Å². The third-order valence-corrected chi connectivity index (χ3v) is 2.46. The molecule has 0 fully saturated rings. The number of rotatable bonds is 1. The number of benzene rings is 1. The number of halogens is 2. The van der Waals surface area contributed by atoms with E-state index in [1.54, 1.807) is 6.07 Å². The topological polar surface area (TPSA) is 41.8 Å². The van der Waals surface area contributed by atoms with Crippen molar-refractivity contribution in [2.24, 2.45) is 5.73 Å². The highest BCUT2D eigenvalue weighted by atomic mass is 35.5. The fourth-order valence-electron chi connectivity index (χ4n) is 1.33. The second-order valence-corrected chi connectivity index (χ2v) is 3.69. The van der Waals surface area contributed by atoms with Crippen molar-refractivity contribution in [3.05, 3.63) is 33.9 Å². The van der Waals surface area contributed by atoms with Gasteiger partial charge in [0.15, 0.2) is 0 Å². The van der Waals surface area contributed by atoms with Gasteiger partial charge >= 0.3 is 0 Å². The van der Waals surface area contributed by atoms with Gasteiger partial charge in [0.1, 0.15) is 0 Å². The van der Waals surface area contributed by atoms with Crippen LogP contribution in [0.15, 0.2) is 18.2 Å². The summed E-state index contributed by atoms with van der Waals surface area (Å²) in [6.07, 6.45) is 0. The molecule has 0 unspecified atom stereocenters. The molecule has 2 aromatic rings. The van der Waals surface area contributed by atoms with Crippen LogP contribution in [0.4, 0.5) is 0 Å². The molecule has 3 N–H and O–H groups in total. The van der Waals surface area contributed by atoms with Crippen molar-refractivity contribution in [2.45, 2.75) is 6.54 Å². The van der Waals surface area contributed by atoms with Gasteiger partial charge in [-0.3, -0.25) is 0 Å². The van der Waals surface area contributed by atoms with Crippen molar-refractivity contribution >= 4 is 34.1 Å². The summed E-state index contributed by atoms with van der Waals surface area (Å²) < 4.78 is 0. The Balaban J connectivity index is 2.75. The standard InChI is InChI=1S/C9H8Cl2N2/c10-5-1-8(11)7-3-6(4-12)13-9(7)2-5/h1-3,13H,4,12H2. The summed E-state index contributed by atoms with van der Waals surface area (Å²) in [7, 11) is 0. The third-order valence-electron chi connectivity index (χ3n) is 1.93. The fourth-order valence-corrected chi connectivity index (χ4v) is 1.88. The monoisotopic (exact) mass is 214 g/mol. The molecule has 13 heavy (non-hydrogen) atoms. The van der Waals surface area contributed by atoms with Crippen molar-refractivity contribution in [1.29, 1.82) is 0 Å². The summed E-state index contributed by atoms with van der Waals surface area (Å²) in [5.41, 5.74) is 7.38. The molecule has 1 aromatic heterocycles. The Kier molecular flexibility index (Phi) is 2.20. The van der Waals surface area contributed by atoms with E-state index in [-0.39, 0.29) is 0 Å². The average Bonchev–Trinajstić information content (AvgIpc) is 2.47. The van der Waals surface area contributed by atoms with Crippen LogP contribution in [0.2, 0.25) is 10.0 Å². The number of hydrogen-bond donors (Lipinski definition) is 2. The predicted molar refractivity (Wildman–Crippen MR) is 56.2 cm³/mol. The fraction of sp³-hybridized carbons (Fsp3) is 0.111. The summed E-state index contributed by atoms with van der Waals surface area (Å²) in [4.78, 5) is 3.13. The second kappa shape index (κ2) is 3.22. The molecule has 0 amide bonds. The maximum Gasteiger partial charge on any atom is 0.0514 e. The Bertz CT molecular complexity index is 448. The molecule has 0 aliphatic carbocycles. The first-order chi connectivity index (χ1) is 6.20. The summed E-state index contributed by atoms with van der Waals surface area (Å²) >= 11 is 11.8. The molecule has 0 saturated carbocycles. The van der Waals surface area contributed by atoms with Crippen LogP contribution >= 0.6 is 23.2 Å². The average molecular weight is 215 g/mol. The Morgan fingerprint density at radius 2 is 2.00 bits per heavy atom. The van der Waals surface area contributed by atoms with Crippen molar-refractivity contribution in [3.8, 4) is 0 Å². The van der Waals surface area contributed by atoms with E-state index in [0.717, 1.165) is 16.6 Å². The van der Waals surface area contributed by atoms with Gasteiger partial charge in [-0.05, 0) is 18.2 Å². The lowest BCUT2D eigenvalue weighted by molar-refractivity contribution is 1.02. The minimum atomic E-state index is 0.475. The molecule has 0 aliphatic rings. The summed E-state index contributed by atoms with van der Waals surface area (Å²) in [6.45, 7) is 0.475. The van der Waals surface area contributed by atoms with Gasteiger partial charge in [-0.15, -0.1) is 0 Å². The smallest absolute Gasteiger partial charge is 0.0514 e. The van der Waals surface area contributed by atoms with E-state index in [9.17, 15) is 0 Å². The molecule has 68 valence electrons. The number of nitrogens with two attached hydrogens (primary N) is 1. The molecule has 1 heterocycles. The molecular formula is C9H8Cl2N2. The summed E-state index contributed by atoms with van der Waals surface area (Å²) in [5, 5.41) is 2.24. The van der Waals surface area contributed by atoms with Gasteiger partial charge in [-0.1, -0.05) is 23.2 Å². The zero-order valence-corrected chi connectivity index (χ0v) is 8.28. The van der Waals surface area contributed by atoms with Crippen molar-refractivity contribution in [3.63, 3.8) is 0 Å². The van der Waals surface area contributed by atoms with Crippen LogP contribution in [-0.2, 0) is 6.54 Å². The van der Waals surface area contributed by atoms with Gasteiger partial charge in [0.2, 0.25) is 0 Å². The van der Waals surface area contributed by atoms with Gasteiger partial charge < -0.3 is 10.7 Å². The quantitative estimate of drug-likeness (QED) is 0.754. The number of fused-ring (bicyclic) bond motifs is 1. The normalized spacial score (nSPS) is 11.0. The lowest BCUT2D eigenvalue weighted by atomic mass is 10.2. The van der Waals surface area contributed by atoms with Gasteiger partial charge in [-0.25, -0.2) is 0 Å². The Labute approximate surface area is 85.6 Å². The van der Waals surface area contributed by atoms with E-state index < -0.39 is 0 Å². The van der Waals surface area contributed by atoms with E-state index in [4.69, 9.17) is 28.9 Å². The second-order valence-electron chi connectivity index (χ2n) is 2.85. The number of H-pyrrole nitrogens is 1. The zero-order chi connectivity index (χ0) is 9.42. The lowest BCUT2D eigenvalue weighted by Gasteiger charge is -1.94. The minimum absolute atomic E-state index is 0.475. The highest BCUT2D eigenvalue weighted by molar-refractivity contribution is 6.38. The molecule has 0 radical (unpaired) electrons. The summed E-state index contributed by atoms with van der Waals surface area (Å²) in [6, 6.07) is 5.50. The molecule has 0 spiro atoms. The van der Waals surface area contributed by atoms with Gasteiger partial charge in [0.25, 0.3) is 0 Å². The van der Waals surface area contributed by atoms with Crippen LogP contribution in [0.3, 0.4) is 0 Å². The Morgan fingerprint density at radius 1 is 1.23 bits per heavy atom. The number of hydrogen-bond acceptors (Lipinski definition) is 1. The van der Waals surface area contributed by atoms with E-state index >= 15 is 0 Å². The lowest BCUT2D eigenvalue weighted by Crippen LogP contribution is -1.94. The highest BCUT2D eigenvalue weighted by Crippen LogP contribution is 2.28. The molecule has 1 aromatic carbocycles. The van der Waals surface area contributed by atoms with Crippen LogP contribution in [-0.4, -0.2) is 4.98 Å². The predicted octanol–water partition coefficient (Wildman–Crippen LogP) is 2.93. The van der Waals surface area contributed by atoms with Crippen LogP contribution in [0.1, 0.15) is 5.69 Å². The first kappa shape index (κ1) is 8.88. The maximum absolute atomic E-state index is 5.99. The number of aromatic nitrogens is 1. The SMILES string of the molecule is NCc1cc2c(Cl)cc(Cl)cc2[nH]1. The Hall–Kier alpha value is -0.700. The van der Waals surface area contributed by atoms with Crippen LogP contribution in [0, 0.1) is 0 Å². The largest absolute Gasteiger partial charge is 0.357 e. The number of nitrogens with one attached hydrogen (secondary N) is 1. The number of aromatic amines is 1.